The molecule has 3 aromatic rings. The van der Waals surface area contributed by atoms with E-state index in [4.69, 9.17) is 32.7 Å². The molecular weight excluding hydrogens is 478 g/mol. The molecule has 0 radical (unpaired) electrons. The molecule has 33 heavy (non-hydrogen) atoms. The predicted octanol–water partition coefficient (Wildman–Crippen LogP) is 4.70. The third-order valence-electron chi connectivity index (χ3n) is 5.93. The summed E-state index contributed by atoms with van der Waals surface area (Å²) >= 11 is 12.0. The highest BCUT2D eigenvalue weighted by atomic mass is 35.5. The Kier molecular flexibility index (Phi) is 7.01. The number of nitro groups is 1. The molecule has 3 heterocycles. The molecule has 4 rings (SSSR count). The van der Waals surface area contributed by atoms with E-state index < -0.39 is 17.7 Å². The van der Waals surface area contributed by atoms with Gasteiger partial charge in [0.05, 0.1) is 34.0 Å². The molecule has 13 heteroatoms. The van der Waals surface area contributed by atoms with Crippen LogP contribution in [0, 0.1) is 17.0 Å². The highest BCUT2D eigenvalue weighted by molar-refractivity contribution is 6.35. The quantitative estimate of drug-likeness (QED) is 0.250. The molecule has 0 amide bonds. The smallest absolute Gasteiger partial charge is 0.352 e. The Morgan fingerprint density at radius 3 is 2.73 bits per heavy atom. The average Bonchev–Trinajstić information content (AvgIpc) is 3.28. The Bertz CT molecular complexity index is 1160. The van der Waals surface area contributed by atoms with Crippen LogP contribution >= 0.6 is 23.2 Å². The lowest BCUT2D eigenvalue weighted by Gasteiger charge is -2.28. The van der Waals surface area contributed by atoms with E-state index in [-0.39, 0.29) is 35.5 Å². The number of methoxy groups -OCH3 is 1. The monoisotopic (exact) mass is 500 g/mol. The molecule has 0 saturated heterocycles. The standard InChI is InChI=1S/C20H23Cl2FN6O4/c1-11-17(29(30)31)19(26-28(11)13-3-5-14(32-2)6-4-13)33-10-12(23)8-27-9-16(21)15-7-24-20(22)25-18(15)27/h7,9,12-14H,3-6,8,10H2,1-2H3. The van der Waals surface area contributed by atoms with E-state index >= 15 is 0 Å². The van der Waals surface area contributed by atoms with Crippen LogP contribution in [-0.4, -0.2) is 55.2 Å². The van der Waals surface area contributed by atoms with Crippen molar-refractivity contribution >= 4 is 39.9 Å². The van der Waals surface area contributed by atoms with E-state index in [9.17, 15) is 14.5 Å². The highest BCUT2D eigenvalue weighted by Crippen LogP contribution is 2.37. The van der Waals surface area contributed by atoms with Crippen molar-refractivity contribution in [2.45, 2.75) is 57.5 Å². The fourth-order valence-electron chi connectivity index (χ4n) is 4.25. The van der Waals surface area contributed by atoms with Gasteiger partial charge in [0.2, 0.25) is 5.28 Å². The molecule has 0 bridgehead atoms. The zero-order valence-electron chi connectivity index (χ0n) is 18.1. The second-order valence-electron chi connectivity index (χ2n) is 8.02. The number of nitrogens with zero attached hydrogens (tertiary/aromatic N) is 6. The minimum atomic E-state index is -1.51. The molecule has 1 atom stereocenters. The van der Waals surface area contributed by atoms with Crippen LogP contribution in [0.15, 0.2) is 12.4 Å². The summed E-state index contributed by atoms with van der Waals surface area (Å²) in [6.07, 6.45) is 4.94. The van der Waals surface area contributed by atoms with Gasteiger partial charge >= 0.3 is 11.6 Å². The van der Waals surface area contributed by atoms with Crippen molar-refractivity contribution in [3.05, 3.63) is 38.5 Å². The average molecular weight is 501 g/mol. The van der Waals surface area contributed by atoms with Gasteiger partial charge in [0.25, 0.3) is 0 Å². The Morgan fingerprint density at radius 2 is 2.06 bits per heavy atom. The third kappa shape index (κ3) is 4.90. The molecule has 3 aromatic heterocycles. The van der Waals surface area contributed by atoms with Gasteiger partial charge in [0.1, 0.15) is 17.9 Å². The second kappa shape index (κ2) is 9.78. The first-order chi connectivity index (χ1) is 15.8. The van der Waals surface area contributed by atoms with E-state index in [0.29, 0.717) is 21.7 Å². The van der Waals surface area contributed by atoms with Crippen molar-refractivity contribution in [2.24, 2.45) is 0 Å². The fraction of sp³-hybridized carbons (Fsp3) is 0.550. The molecule has 1 aliphatic carbocycles. The van der Waals surface area contributed by atoms with Crippen LogP contribution in [0.3, 0.4) is 0 Å². The van der Waals surface area contributed by atoms with E-state index in [1.165, 1.54) is 17.0 Å². The van der Waals surface area contributed by atoms with Crippen LogP contribution in [-0.2, 0) is 11.3 Å². The maximum Gasteiger partial charge on any atom is 0.352 e. The number of hydrogen-bond donors (Lipinski definition) is 0. The summed E-state index contributed by atoms with van der Waals surface area (Å²) in [5.41, 5.74) is 0.534. The molecule has 1 saturated carbocycles. The third-order valence-corrected chi connectivity index (χ3v) is 6.41. The van der Waals surface area contributed by atoms with E-state index in [1.807, 2.05) is 0 Å². The molecule has 10 nitrogen and oxygen atoms in total. The lowest BCUT2D eigenvalue weighted by molar-refractivity contribution is -0.386. The first-order valence-corrected chi connectivity index (χ1v) is 11.2. The van der Waals surface area contributed by atoms with E-state index in [2.05, 4.69) is 15.1 Å². The van der Waals surface area contributed by atoms with Crippen LogP contribution in [0.1, 0.15) is 37.4 Å². The minimum absolute atomic E-state index is 0.00596. The number of ether oxygens (including phenoxy) is 2. The molecule has 0 spiro atoms. The zero-order chi connectivity index (χ0) is 23.7. The number of alkyl halides is 1. The Labute approximate surface area is 198 Å². The summed E-state index contributed by atoms with van der Waals surface area (Å²) in [7, 11) is 1.68. The largest absolute Gasteiger partial charge is 0.469 e. The van der Waals surface area contributed by atoms with Gasteiger partial charge in [0, 0.05) is 19.5 Å². The lowest BCUT2D eigenvalue weighted by Crippen LogP contribution is -2.24. The maximum atomic E-state index is 14.8. The van der Waals surface area contributed by atoms with Gasteiger partial charge in [-0.05, 0) is 44.2 Å². The summed E-state index contributed by atoms with van der Waals surface area (Å²) in [4.78, 5) is 19.1. The van der Waals surface area contributed by atoms with Crippen molar-refractivity contribution in [3.8, 4) is 5.88 Å². The van der Waals surface area contributed by atoms with Gasteiger partial charge in [-0.1, -0.05) is 11.6 Å². The lowest BCUT2D eigenvalue weighted by atomic mass is 9.93. The van der Waals surface area contributed by atoms with Gasteiger partial charge < -0.3 is 14.0 Å². The summed E-state index contributed by atoms with van der Waals surface area (Å²) in [6.45, 7) is 1.07. The molecule has 1 aliphatic rings. The maximum absolute atomic E-state index is 14.8. The normalized spacial score (nSPS) is 19.7. The number of fused-ring (bicyclic) bond motifs is 1. The second-order valence-corrected chi connectivity index (χ2v) is 8.77. The molecule has 0 N–H and O–H groups in total. The number of rotatable bonds is 8. The van der Waals surface area contributed by atoms with E-state index in [1.54, 1.807) is 18.7 Å². The van der Waals surface area contributed by atoms with Gasteiger partial charge in [-0.3, -0.25) is 14.8 Å². The van der Waals surface area contributed by atoms with Crippen molar-refractivity contribution in [1.82, 2.24) is 24.3 Å². The van der Waals surface area contributed by atoms with Gasteiger partial charge in [-0.2, -0.15) is 4.98 Å². The molecular formula is C20H23Cl2FN6O4. The molecule has 1 fully saturated rings. The summed E-state index contributed by atoms with van der Waals surface area (Å²) in [5, 5.41) is 16.9. The Hall–Kier alpha value is -2.50. The van der Waals surface area contributed by atoms with Gasteiger partial charge in [-0.25, -0.2) is 9.37 Å². The number of halogens is 3. The predicted molar refractivity (Wildman–Crippen MR) is 120 cm³/mol. The van der Waals surface area contributed by atoms with Crippen LogP contribution in [0.2, 0.25) is 10.3 Å². The summed E-state index contributed by atoms with van der Waals surface area (Å²) < 4.78 is 28.8. The van der Waals surface area contributed by atoms with Crippen LogP contribution in [0.5, 0.6) is 5.88 Å². The van der Waals surface area contributed by atoms with Gasteiger partial charge in [-0.15, -0.1) is 5.10 Å². The van der Waals surface area contributed by atoms with Crippen LogP contribution in [0.25, 0.3) is 11.0 Å². The first kappa shape index (κ1) is 23.7. The summed E-state index contributed by atoms with van der Waals surface area (Å²) in [5.74, 6) is -0.185. The molecule has 178 valence electrons. The topological polar surface area (TPSA) is 110 Å². The van der Waals surface area contributed by atoms with Crippen molar-refractivity contribution in [2.75, 3.05) is 13.7 Å². The summed E-state index contributed by atoms with van der Waals surface area (Å²) in [6, 6.07) is 0.00596. The van der Waals surface area contributed by atoms with Crippen LogP contribution in [0.4, 0.5) is 10.1 Å². The number of hydrogen-bond acceptors (Lipinski definition) is 7. The van der Waals surface area contributed by atoms with E-state index in [0.717, 1.165) is 25.7 Å². The molecule has 0 aliphatic heterocycles. The SMILES string of the molecule is COC1CCC(n2nc(OCC(F)Cn3cc(Cl)c4cnc(Cl)nc43)c([N+](=O)[O-])c2C)CC1. The van der Waals surface area contributed by atoms with Crippen molar-refractivity contribution in [3.63, 3.8) is 0 Å². The molecule has 0 aromatic carbocycles. The highest BCUT2D eigenvalue weighted by Gasteiger charge is 2.32. The Balaban J connectivity index is 1.48. The number of aromatic nitrogens is 5. The minimum Gasteiger partial charge on any atom is -0.469 e. The van der Waals surface area contributed by atoms with Crippen molar-refractivity contribution < 1.29 is 18.8 Å². The zero-order valence-corrected chi connectivity index (χ0v) is 19.6. The first-order valence-electron chi connectivity index (χ1n) is 10.5. The molecule has 1 unspecified atom stereocenters. The fourth-order valence-corrected chi connectivity index (χ4v) is 4.63. The Morgan fingerprint density at radius 1 is 1.33 bits per heavy atom. The van der Waals surface area contributed by atoms with Crippen molar-refractivity contribution in [1.29, 1.82) is 0 Å². The van der Waals surface area contributed by atoms with Crippen LogP contribution < -0.4 is 4.74 Å². The van der Waals surface area contributed by atoms with Gasteiger partial charge in [0.15, 0.2) is 6.17 Å².